The lowest BCUT2D eigenvalue weighted by molar-refractivity contribution is 0.198. The zero-order valence-corrected chi connectivity index (χ0v) is 15.0. The van der Waals surface area contributed by atoms with Crippen molar-refractivity contribution in [1.82, 2.24) is 10.1 Å². The van der Waals surface area contributed by atoms with Crippen molar-refractivity contribution in [3.05, 3.63) is 39.7 Å². The number of hydrogen-bond donors (Lipinski definition) is 2. The molecule has 122 valence electrons. The molecule has 0 bridgehead atoms. The van der Waals surface area contributed by atoms with E-state index in [0.717, 1.165) is 11.6 Å². The van der Waals surface area contributed by atoms with Crippen LogP contribution in [-0.4, -0.2) is 35.7 Å². The number of aromatic nitrogens is 2. The molecule has 0 saturated heterocycles. The van der Waals surface area contributed by atoms with Gasteiger partial charge in [0.15, 0.2) is 0 Å². The molecule has 1 atom stereocenters. The second kappa shape index (κ2) is 5.94. The van der Waals surface area contributed by atoms with Crippen molar-refractivity contribution >= 4 is 48.3 Å². The molecule has 2 aromatic heterocycles. The molecule has 0 saturated carbocycles. The lowest BCUT2D eigenvalue weighted by Gasteiger charge is -2.09. The van der Waals surface area contributed by atoms with Gasteiger partial charge in [0.2, 0.25) is 0 Å². The predicted octanol–water partition coefficient (Wildman–Crippen LogP) is 3.32. The zero-order chi connectivity index (χ0) is 16.8. The van der Waals surface area contributed by atoms with Crippen molar-refractivity contribution in [2.24, 2.45) is 0 Å². The molecular weight excluding hydrogens is 408 g/mol. The minimum absolute atomic E-state index is 0.355. The first kappa shape index (κ1) is 16.5. The van der Waals surface area contributed by atoms with Gasteiger partial charge in [-0.2, -0.15) is 0 Å². The van der Waals surface area contributed by atoms with E-state index in [-0.39, 0.29) is 0 Å². The third-order valence-electron chi connectivity index (χ3n) is 3.36. The van der Waals surface area contributed by atoms with Crippen LogP contribution in [0.25, 0.3) is 22.2 Å². The van der Waals surface area contributed by atoms with Crippen LogP contribution in [0.5, 0.6) is 0 Å². The second-order valence-corrected chi connectivity index (χ2v) is 8.66. The van der Waals surface area contributed by atoms with Crippen LogP contribution < -0.4 is 0 Å². The minimum Gasteiger partial charge on any atom is -0.386 e. The van der Waals surface area contributed by atoms with Crippen LogP contribution in [0.1, 0.15) is 11.8 Å². The van der Waals surface area contributed by atoms with Crippen LogP contribution in [0, 0.1) is 0 Å². The Bertz CT molecular complexity index is 966. The molecule has 0 aliphatic carbocycles. The highest BCUT2D eigenvalue weighted by atomic mass is 79.9. The minimum atomic E-state index is -3.36. The number of nitrogens with zero attached hydrogens (tertiary/aromatic N) is 1. The van der Waals surface area contributed by atoms with Gasteiger partial charge in [0.1, 0.15) is 27.9 Å². The second-order valence-electron chi connectivity index (χ2n) is 5.22. The Kier molecular flexibility index (Phi) is 4.26. The van der Waals surface area contributed by atoms with E-state index in [4.69, 9.17) is 16.1 Å². The van der Waals surface area contributed by atoms with Crippen LogP contribution >= 0.6 is 27.5 Å². The number of hydrogen-bond acceptors (Lipinski definition) is 5. The number of rotatable bonds is 4. The SMILES string of the molecule is CS(=O)(=O)CC(O)c1[nH]c2cc(Br)c(Cl)cc2c1-c1ccon1. The molecule has 2 heterocycles. The third-order valence-corrected chi connectivity index (χ3v) is 5.47. The fourth-order valence-corrected chi connectivity index (χ4v) is 3.69. The van der Waals surface area contributed by atoms with Crippen molar-refractivity contribution in [2.75, 3.05) is 12.0 Å². The van der Waals surface area contributed by atoms with E-state index < -0.39 is 21.7 Å². The van der Waals surface area contributed by atoms with Crippen LogP contribution in [0.4, 0.5) is 0 Å². The van der Waals surface area contributed by atoms with Gasteiger partial charge in [0.05, 0.1) is 16.5 Å². The summed E-state index contributed by atoms with van der Waals surface area (Å²) >= 11 is 9.49. The van der Waals surface area contributed by atoms with E-state index in [1.165, 1.54) is 6.26 Å². The van der Waals surface area contributed by atoms with Gasteiger partial charge < -0.3 is 14.6 Å². The first-order valence-electron chi connectivity index (χ1n) is 6.53. The largest absolute Gasteiger partial charge is 0.386 e. The smallest absolute Gasteiger partial charge is 0.150 e. The molecule has 0 aliphatic rings. The quantitative estimate of drug-likeness (QED) is 0.676. The molecule has 3 aromatic rings. The summed E-state index contributed by atoms with van der Waals surface area (Å²) in [5.74, 6) is -0.403. The summed E-state index contributed by atoms with van der Waals surface area (Å²) in [7, 11) is -3.36. The topological polar surface area (TPSA) is 96.2 Å². The maximum Gasteiger partial charge on any atom is 0.150 e. The molecule has 0 radical (unpaired) electrons. The Balaban J connectivity index is 2.26. The standard InChI is InChI=1S/C14H12BrClN2O4S/c1-23(20,21)6-12(19)14-13(10-2-3-22-18-10)7-4-9(16)8(15)5-11(7)17-14/h2-5,12,17,19H,6H2,1H3. The van der Waals surface area contributed by atoms with Gasteiger partial charge in [-0.05, 0) is 28.1 Å². The molecule has 0 fully saturated rings. The molecule has 0 aliphatic heterocycles. The van der Waals surface area contributed by atoms with Gasteiger partial charge in [-0.3, -0.25) is 0 Å². The van der Waals surface area contributed by atoms with Crippen molar-refractivity contribution in [2.45, 2.75) is 6.10 Å². The molecule has 0 spiro atoms. The van der Waals surface area contributed by atoms with E-state index in [1.807, 2.05) is 0 Å². The predicted molar refractivity (Wildman–Crippen MR) is 91.2 cm³/mol. The van der Waals surface area contributed by atoms with Crippen LogP contribution in [0.3, 0.4) is 0 Å². The van der Waals surface area contributed by atoms with E-state index >= 15 is 0 Å². The molecule has 1 aromatic carbocycles. The van der Waals surface area contributed by atoms with E-state index in [1.54, 1.807) is 18.2 Å². The van der Waals surface area contributed by atoms with Crippen molar-refractivity contribution < 1.29 is 18.0 Å². The first-order chi connectivity index (χ1) is 10.8. The number of aromatic amines is 1. The monoisotopic (exact) mass is 418 g/mol. The molecule has 9 heteroatoms. The fourth-order valence-electron chi connectivity index (χ4n) is 2.45. The van der Waals surface area contributed by atoms with Gasteiger partial charge in [0, 0.05) is 33.3 Å². The number of sulfone groups is 1. The highest BCUT2D eigenvalue weighted by molar-refractivity contribution is 9.10. The summed E-state index contributed by atoms with van der Waals surface area (Å²) in [4.78, 5) is 3.06. The third kappa shape index (κ3) is 3.30. The Morgan fingerprint density at radius 1 is 1.48 bits per heavy atom. The van der Waals surface area contributed by atoms with Gasteiger partial charge in [-0.1, -0.05) is 16.8 Å². The van der Waals surface area contributed by atoms with Gasteiger partial charge in [0.25, 0.3) is 0 Å². The summed E-state index contributed by atoms with van der Waals surface area (Å²) < 4.78 is 28.6. The number of nitrogens with one attached hydrogen (secondary N) is 1. The molecule has 1 unspecified atom stereocenters. The van der Waals surface area contributed by atoms with Gasteiger partial charge in [-0.15, -0.1) is 0 Å². The van der Waals surface area contributed by atoms with E-state index in [9.17, 15) is 13.5 Å². The van der Waals surface area contributed by atoms with Gasteiger partial charge >= 0.3 is 0 Å². The Labute approximate surface area is 145 Å². The first-order valence-corrected chi connectivity index (χ1v) is 9.76. The average molecular weight is 420 g/mol. The van der Waals surface area contributed by atoms with Gasteiger partial charge in [-0.25, -0.2) is 8.42 Å². The molecule has 3 rings (SSSR count). The normalized spacial score (nSPS) is 13.6. The zero-order valence-electron chi connectivity index (χ0n) is 11.9. The molecule has 6 nitrogen and oxygen atoms in total. The number of aliphatic hydroxyl groups excluding tert-OH is 1. The van der Waals surface area contributed by atoms with Crippen LogP contribution in [0.2, 0.25) is 5.02 Å². The number of benzene rings is 1. The number of halogens is 2. The Morgan fingerprint density at radius 3 is 2.83 bits per heavy atom. The van der Waals surface area contributed by atoms with Crippen molar-refractivity contribution in [1.29, 1.82) is 0 Å². The van der Waals surface area contributed by atoms with Crippen molar-refractivity contribution in [3.63, 3.8) is 0 Å². The highest BCUT2D eigenvalue weighted by Gasteiger charge is 2.24. The van der Waals surface area contributed by atoms with E-state index in [0.29, 0.717) is 32.0 Å². The highest BCUT2D eigenvalue weighted by Crippen LogP contribution is 2.38. The molecule has 23 heavy (non-hydrogen) atoms. The molecule has 2 N–H and O–H groups in total. The van der Waals surface area contributed by atoms with Crippen LogP contribution in [0.15, 0.2) is 33.5 Å². The lowest BCUT2D eigenvalue weighted by atomic mass is 10.1. The average Bonchev–Trinajstić information content (AvgIpc) is 3.04. The van der Waals surface area contributed by atoms with Crippen molar-refractivity contribution in [3.8, 4) is 11.3 Å². The Morgan fingerprint density at radius 2 is 2.22 bits per heavy atom. The summed E-state index contributed by atoms with van der Waals surface area (Å²) in [5, 5.41) is 15.5. The summed E-state index contributed by atoms with van der Waals surface area (Å²) in [5.41, 5.74) is 2.10. The summed E-state index contributed by atoms with van der Waals surface area (Å²) in [6, 6.07) is 5.12. The lowest BCUT2D eigenvalue weighted by Crippen LogP contribution is -2.13. The number of H-pyrrole nitrogens is 1. The number of aliphatic hydroxyl groups is 1. The summed E-state index contributed by atoms with van der Waals surface area (Å²) in [6.45, 7) is 0. The number of fused-ring (bicyclic) bond motifs is 1. The fraction of sp³-hybridized carbons (Fsp3) is 0.214. The van der Waals surface area contributed by atoms with Crippen LogP contribution in [-0.2, 0) is 9.84 Å². The van der Waals surface area contributed by atoms with E-state index in [2.05, 4.69) is 26.1 Å². The maximum absolute atomic E-state index is 11.5. The Hall–Kier alpha value is -1.35. The molecular formula is C14H12BrClN2O4S. The molecule has 0 amide bonds. The maximum atomic E-state index is 11.5. The summed E-state index contributed by atoms with van der Waals surface area (Å²) in [6.07, 6.45) is 1.25.